The largest absolute Gasteiger partial charge is 0.255 e. The van der Waals surface area contributed by atoms with E-state index in [1.165, 1.54) is 5.56 Å². The molecule has 0 saturated carbocycles. The minimum atomic E-state index is -3.41. The zero-order chi connectivity index (χ0) is 21.1. The fraction of sp³-hybridized carbons (Fsp3) is 0.364. The third-order valence-corrected chi connectivity index (χ3v) is 8.13. The van der Waals surface area contributed by atoms with Gasteiger partial charge in [0.15, 0.2) is 5.17 Å². The fourth-order valence-electron chi connectivity index (χ4n) is 3.64. The second-order valence-electron chi connectivity index (χ2n) is 7.65. The molecule has 158 valence electrons. The molecule has 1 saturated heterocycles. The molecule has 30 heavy (non-hydrogen) atoms. The zero-order valence-electron chi connectivity index (χ0n) is 17.3. The second-order valence-corrected chi connectivity index (χ2v) is 10.6. The molecule has 0 aromatic heterocycles. The van der Waals surface area contributed by atoms with E-state index in [1.807, 2.05) is 31.2 Å². The van der Waals surface area contributed by atoms with E-state index in [9.17, 15) is 8.42 Å². The first-order valence-electron chi connectivity index (χ1n) is 10.2. The average Bonchev–Trinajstić information content (AvgIpc) is 2.77. The van der Waals surface area contributed by atoms with Gasteiger partial charge in [0.1, 0.15) is 0 Å². The van der Waals surface area contributed by atoms with E-state index in [-0.39, 0.29) is 0 Å². The van der Waals surface area contributed by atoms with Gasteiger partial charge in [0.25, 0.3) is 0 Å². The van der Waals surface area contributed by atoms with Gasteiger partial charge in [0, 0.05) is 18.8 Å². The molecule has 0 spiro atoms. The molecule has 8 heteroatoms. The van der Waals surface area contributed by atoms with Crippen molar-refractivity contribution in [1.82, 2.24) is 9.73 Å². The van der Waals surface area contributed by atoms with Gasteiger partial charge < -0.3 is 0 Å². The van der Waals surface area contributed by atoms with Gasteiger partial charge >= 0.3 is 0 Å². The van der Waals surface area contributed by atoms with Crippen LogP contribution in [0.15, 0.2) is 57.5 Å². The maximum absolute atomic E-state index is 12.8. The highest BCUT2D eigenvalue weighted by Crippen LogP contribution is 2.24. The molecule has 0 bridgehead atoms. The van der Waals surface area contributed by atoms with Gasteiger partial charge in [0.05, 0.1) is 16.3 Å². The lowest BCUT2D eigenvalue weighted by molar-refractivity contribution is 0.346. The Morgan fingerprint density at radius 3 is 2.40 bits per heavy atom. The van der Waals surface area contributed by atoms with Gasteiger partial charge in [-0.1, -0.05) is 48.0 Å². The van der Waals surface area contributed by atoms with Crippen molar-refractivity contribution in [2.45, 2.75) is 38.0 Å². The van der Waals surface area contributed by atoms with Crippen LogP contribution in [0.4, 0.5) is 5.69 Å². The first kappa shape index (κ1) is 21.1. The van der Waals surface area contributed by atoms with Gasteiger partial charge in [-0.2, -0.15) is 9.41 Å². The number of sulfonamides is 1. The van der Waals surface area contributed by atoms with E-state index < -0.39 is 10.0 Å². The van der Waals surface area contributed by atoms with Crippen LogP contribution in [0.2, 0.25) is 0 Å². The van der Waals surface area contributed by atoms with Gasteiger partial charge in [-0.25, -0.2) is 13.4 Å². The average molecular weight is 443 g/mol. The first-order chi connectivity index (χ1) is 14.4. The summed E-state index contributed by atoms with van der Waals surface area (Å²) in [5.74, 6) is 0.676. The Morgan fingerprint density at radius 1 is 1.03 bits per heavy atom. The summed E-state index contributed by atoms with van der Waals surface area (Å²) in [6.07, 6.45) is 2.97. The summed E-state index contributed by atoms with van der Waals surface area (Å²) in [6.45, 7) is 5.34. The topological polar surface area (TPSA) is 74.1 Å². The van der Waals surface area contributed by atoms with Gasteiger partial charge in [-0.15, -0.1) is 0 Å². The number of hydrogen-bond acceptors (Lipinski definition) is 5. The highest BCUT2D eigenvalue weighted by Gasteiger charge is 2.26. The molecule has 0 atom stereocenters. The van der Waals surface area contributed by atoms with E-state index in [2.05, 4.69) is 28.5 Å². The lowest BCUT2D eigenvalue weighted by Gasteiger charge is -2.26. The molecule has 0 amide bonds. The number of aliphatic imine (C=N–C) groups is 1. The van der Waals surface area contributed by atoms with Crippen LogP contribution >= 0.6 is 11.8 Å². The molecule has 1 N–H and O–H groups in total. The van der Waals surface area contributed by atoms with E-state index in [4.69, 9.17) is 0 Å². The molecular formula is C22H26N4O2S2. The zero-order valence-corrected chi connectivity index (χ0v) is 18.9. The van der Waals surface area contributed by atoms with Gasteiger partial charge in [-0.05, 0) is 56.0 Å². The standard InChI is InChI=1S/C22H26N4O2S2/c1-16-6-11-20(17(2)14-16)23-22-25-24-21(15-29-22)18-7-9-19(10-8-18)30(27,28)26-12-4-3-5-13-26/h6-11,14H,3-5,12-13,15H2,1-2H3,(H,23,25). The summed E-state index contributed by atoms with van der Waals surface area (Å²) < 4.78 is 27.2. The number of nitrogens with one attached hydrogen (secondary N) is 1. The van der Waals surface area contributed by atoms with Crippen molar-refractivity contribution in [3.8, 4) is 0 Å². The Hall–Kier alpha value is -2.16. The van der Waals surface area contributed by atoms with Crippen LogP contribution in [-0.2, 0) is 10.0 Å². The molecule has 0 aliphatic carbocycles. The van der Waals surface area contributed by atoms with Crippen molar-refractivity contribution in [2.24, 2.45) is 10.1 Å². The summed E-state index contributed by atoms with van der Waals surface area (Å²) in [5, 5.41) is 5.22. The number of aryl methyl sites for hydroxylation is 2. The molecule has 4 rings (SSSR count). The van der Waals surface area contributed by atoms with Crippen LogP contribution in [0.25, 0.3) is 0 Å². The molecule has 2 heterocycles. The molecular weight excluding hydrogens is 416 g/mol. The van der Waals surface area contributed by atoms with E-state index in [0.717, 1.165) is 47.0 Å². The first-order valence-corrected chi connectivity index (χ1v) is 12.6. The van der Waals surface area contributed by atoms with Crippen LogP contribution in [-0.4, -0.2) is 42.4 Å². The maximum atomic E-state index is 12.8. The van der Waals surface area contributed by atoms with Crippen molar-refractivity contribution < 1.29 is 8.42 Å². The van der Waals surface area contributed by atoms with Crippen molar-refractivity contribution in [1.29, 1.82) is 0 Å². The van der Waals surface area contributed by atoms with E-state index in [0.29, 0.717) is 23.7 Å². The SMILES string of the molecule is Cc1ccc(N=C2NN=C(c3ccc(S(=O)(=O)N4CCCCC4)cc3)CS2)c(C)c1. The van der Waals surface area contributed by atoms with Crippen molar-refractivity contribution >= 4 is 38.4 Å². The minimum absolute atomic E-state index is 0.349. The summed E-state index contributed by atoms with van der Waals surface area (Å²) >= 11 is 1.59. The number of benzene rings is 2. The van der Waals surface area contributed by atoms with Crippen molar-refractivity contribution in [3.05, 3.63) is 59.2 Å². The molecule has 2 aliphatic heterocycles. The quantitative estimate of drug-likeness (QED) is 0.770. The smallest absolute Gasteiger partial charge is 0.243 e. The Kier molecular flexibility index (Phi) is 6.26. The number of nitrogens with zero attached hydrogens (tertiary/aromatic N) is 3. The number of hydrogen-bond donors (Lipinski definition) is 1. The lowest BCUT2D eigenvalue weighted by Crippen LogP contribution is -2.35. The number of piperidine rings is 1. The number of thioether (sulfide) groups is 1. The van der Waals surface area contributed by atoms with E-state index in [1.54, 1.807) is 28.2 Å². The van der Waals surface area contributed by atoms with Crippen LogP contribution in [0.3, 0.4) is 0 Å². The van der Waals surface area contributed by atoms with Gasteiger partial charge in [-0.3, -0.25) is 5.43 Å². The predicted octanol–water partition coefficient (Wildman–Crippen LogP) is 4.21. The Labute approximate surface area is 182 Å². The Bertz CT molecular complexity index is 1090. The lowest BCUT2D eigenvalue weighted by atomic mass is 10.1. The molecule has 0 radical (unpaired) electrons. The highest BCUT2D eigenvalue weighted by molar-refractivity contribution is 8.14. The predicted molar refractivity (Wildman–Crippen MR) is 124 cm³/mol. The molecule has 0 unspecified atom stereocenters. The normalized spacial score (nSPS) is 19.4. The van der Waals surface area contributed by atoms with Crippen LogP contribution in [0.1, 0.15) is 36.0 Å². The van der Waals surface area contributed by atoms with Crippen LogP contribution in [0, 0.1) is 13.8 Å². The number of amidine groups is 1. The highest BCUT2D eigenvalue weighted by atomic mass is 32.2. The molecule has 6 nitrogen and oxygen atoms in total. The van der Waals surface area contributed by atoms with E-state index >= 15 is 0 Å². The Morgan fingerprint density at radius 2 is 1.77 bits per heavy atom. The summed E-state index contributed by atoms with van der Waals surface area (Å²) in [7, 11) is -3.41. The summed E-state index contributed by atoms with van der Waals surface area (Å²) in [6, 6.07) is 13.2. The monoisotopic (exact) mass is 442 g/mol. The molecule has 2 aromatic rings. The molecule has 1 fully saturated rings. The number of rotatable bonds is 4. The van der Waals surface area contributed by atoms with Crippen LogP contribution in [0.5, 0.6) is 0 Å². The molecule has 2 aromatic carbocycles. The summed E-state index contributed by atoms with van der Waals surface area (Å²) in [4.78, 5) is 5.01. The molecule has 2 aliphatic rings. The maximum Gasteiger partial charge on any atom is 0.243 e. The van der Waals surface area contributed by atoms with Crippen molar-refractivity contribution in [3.63, 3.8) is 0 Å². The fourth-order valence-corrected chi connectivity index (χ4v) is 5.93. The third-order valence-electron chi connectivity index (χ3n) is 5.35. The van der Waals surface area contributed by atoms with Crippen LogP contribution < -0.4 is 5.43 Å². The van der Waals surface area contributed by atoms with Gasteiger partial charge in [0.2, 0.25) is 10.0 Å². The van der Waals surface area contributed by atoms with Crippen molar-refractivity contribution in [2.75, 3.05) is 18.8 Å². The second kappa shape index (κ2) is 8.91. The number of hydrazone groups is 1. The summed E-state index contributed by atoms with van der Waals surface area (Å²) in [5.41, 5.74) is 8.10. The third kappa shape index (κ3) is 4.61. The Balaban J connectivity index is 1.47. The minimum Gasteiger partial charge on any atom is -0.255 e.